The molecule has 0 unspecified atom stereocenters. The molecule has 0 spiro atoms. The minimum atomic E-state index is -0.0659. The van der Waals surface area contributed by atoms with Gasteiger partial charge >= 0.3 is 0 Å². The molecule has 3 heteroatoms. The van der Waals surface area contributed by atoms with E-state index >= 15 is 0 Å². The van der Waals surface area contributed by atoms with Crippen LogP contribution in [0.3, 0.4) is 0 Å². The Labute approximate surface area is 81.7 Å². The first-order chi connectivity index (χ1) is 6.77. The predicted octanol–water partition coefficient (Wildman–Crippen LogP) is 1.54. The standard InChI is InChI=1S/C11H10N2O/c1-9-2-4-10(5-3-9)13-8-12-7-6-11(13)14/h2-8H,1H3. The molecule has 2 rings (SSSR count). The molecule has 14 heavy (non-hydrogen) atoms. The van der Waals surface area contributed by atoms with Crippen molar-refractivity contribution < 1.29 is 0 Å². The maximum absolute atomic E-state index is 11.4. The summed E-state index contributed by atoms with van der Waals surface area (Å²) < 4.78 is 1.51. The van der Waals surface area contributed by atoms with E-state index in [2.05, 4.69) is 4.98 Å². The summed E-state index contributed by atoms with van der Waals surface area (Å²) in [6.07, 6.45) is 3.01. The molecule has 0 radical (unpaired) electrons. The molecule has 1 heterocycles. The van der Waals surface area contributed by atoms with Crippen LogP contribution in [0.5, 0.6) is 0 Å². The van der Waals surface area contributed by atoms with E-state index in [1.165, 1.54) is 28.7 Å². The van der Waals surface area contributed by atoms with Crippen LogP contribution in [0, 0.1) is 6.92 Å². The lowest BCUT2D eigenvalue weighted by Crippen LogP contribution is -2.16. The van der Waals surface area contributed by atoms with E-state index in [9.17, 15) is 4.79 Å². The molecule has 1 aromatic carbocycles. The van der Waals surface area contributed by atoms with Gasteiger partial charge in [0.25, 0.3) is 5.56 Å². The van der Waals surface area contributed by atoms with Gasteiger partial charge in [0.05, 0.1) is 5.69 Å². The molecule has 0 amide bonds. The Kier molecular flexibility index (Phi) is 2.14. The monoisotopic (exact) mass is 186 g/mol. The number of aryl methyl sites for hydroxylation is 1. The van der Waals surface area contributed by atoms with Gasteiger partial charge in [-0.05, 0) is 19.1 Å². The maximum Gasteiger partial charge on any atom is 0.257 e. The zero-order valence-corrected chi connectivity index (χ0v) is 7.84. The average Bonchev–Trinajstić information content (AvgIpc) is 2.20. The summed E-state index contributed by atoms with van der Waals surface area (Å²) in [5, 5.41) is 0. The van der Waals surface area contributed by atoms with Crippen molar-refractivity contribution in [2.24, 2.45) is 0 Å². The van der Waals surface area contributed by atoms with Crippen LogP contribution in [0.15, 0.2) is 47.7 Å². The highest BCUT2D eigenvalue weighted by atomic mass is 16.1. The van der Waals surface area contributed by atoms with Crippen LogP contribution in [0.1, 0.15) is 5.56 Å². The van der Waals surface area contributed by atoms with Crippen molar-refractivity contribution in [2.45, 2.75) is 6.92 Å². The van der Waals surface area contributed by atoms with E-state index in [0.717, 1.165) is 5.69 Å². The highest BCUT2D eigenvalue weighted by Crippen LogP contribution is 2.05. The molecule has 2 aromatic rings. The minimum absolute atomic E-state index is 0.0659. The van der Waals surface area contributed by atoms with Gasteiger partial charge in [-0.1, -0.05) is 17.7 Å². The summed E-state index contributed by atoms with van der Waals surface area (Å²) in [6.45, 7) is 2.01. The van der Waals surface area contributed by atoms with E-state index in [1.807, 2.05) is 31.2 Å². The number of benzene rings is 1. The van der Waals surface area contributed by atoms with Crippen LogP contribution < -0.4 is 5.56 Å². The molecular weight excluding hydrogens is 176 g/mol. The van der Waals surface area contributed by atoms with Gasteiger partial charge in [0.1, 0.15) is 6.33 Å². The minimum Gasteiger partial charge on any atom is -0.269 e. The second-order valence-electron chi connectivity index (χ2n) is 3.12. The van der Waals surface area contributed by atoms with Gasteiger partial charge in [0.15, 0.2) is 0 Å². The quantitative estimate of drug-likeness (QED) is 0.677. The molecule has 3 nitrogen and oxygen atoms in total. The third-order valence-electron chi connectivity index (χ3n) is 2.03. The first kappa shape index (κ1) is 8.69. The molecule has 0 bridgehead atoms. The zero-order chi connectivity index (χ0) is 9.97. The predicted molar refractivity (Wildman–Crippen MR) is 54.6 cm³/mol. The van der Waals surface area contributed by atoms with Gasteiger partial charge in [-0.15, -0.1) is 0 Å². The van der Waals surface area contributed by atoms with Crippen LogP contribution in [-0.4, -0.2) is 9.55 Å². The molecule has 70 valence electrons. The summed E-state index contributed by atoms with van der Waals surface area (Å²) in [6, 6.07) is 9.18. The van der Waals surface area contributed by atoms with Crippen molar-refractivity contribution in [3.05, 3.63) is 58.8 Å². The van der Waals surface area contributed by atoms with Crippen molar-refractivity contribution in [1.29, 1.82) is 0 Å². The van der Waals surface area contributed by atoms with E-state index in [-0.39, 0.29) is 5.56 Å². The number of hydrogen-bond donors (Lipinski definition) is 0. The number of rotatable bonds is 1. The average molecular weight is 186 g/mol. The molecule has 0 saturated carbocycles. The highest BCUT2D eigenvalue weighted by molar-refractivity contribution is 5.33. The van der Waals surface area contributed by atoms with Gasteiger partial charge in [0, 0.05) is 12.3 Å². The summed E-state index contributed by atoms with van der Waals surface area (Å²) >= 11 is 0. The smallest absolute Gasteiger partial charge is 0.257 e. The Morgan fingerprint density at radius 2 is 1.86 bits per heavy atom. The second kappa shape index (κ2) is 3.46. The van der Waals surface area contributed by atoms with Crippen LogP contribution in [0.4, 0.5) is 0 Å². The lowest BCUT2D eigenvalue weighted by molar-refractivity contribution is 0.935. The molecule has 0 atom stereocenters. The molecular formula is C11H10N2O. The van der Waals surface area contributed by atoms with Crippen molar-refractivity contribution >= 4 is 0 Å². The number of aromatic nitrogens is 2. The second-order valence-corrected chi connectivity index (χ2v) is 3.12. The Hall–Kier alpha value is -1.90. The molecule has 0 fully saturated rings. The molecule has 0 aliphatic rings. The molecule has 0 saturated heterocycles. The fourth-order valence-corrected chi connectivity index (χ4v) is 1.25. The summed E-state index contributed by atoms with van der Waals surface area (Å²) in [4.78, 5) is 15.3. The normalized spacial score (nSPS) is 10.1. The van der Waals surface area contributed by atoms with Crippen LogP contribution >= 0.6 is 0 Å². The fraction of sp³-hybridized carbons (Fsp3) is 0.0909. The third-order valence-corrected chi connectivity index (χ3v) is 2.03. The Balaban J connectivity index is 2.56. The maximum atomic E-state index is 11.4. The van der Waals surface area contributed by atoms with Crippen molar-refractivity contribution in [3.8, 4) is 5.69 Å². The van der Waals surface area contributed by atoms with E-state index in [4.69, 9.17) is 0 Å². The lowest BCUT2D eigenvalue weighted by atomic mass is 10.2. The highest BCUT2D eigenvalue weighted by Gasteiger charge is 1.96. The zero-order valence-electron chi connectivity index (χ0n) is 7.84. The Morgan fingerprint density at radius 1 is 1.14 bits per heavy atom. The van der Waals surface area contributed by atoms with Gasteiger partial charge in [-0.3, -0.25) is 9.36 Å². The van der Waals surface area contributed by atoms with E-state index < -0.39 is 0 Å². The van der Waals surface area contributed by atoms with E-state index in [1.54, 1.807) is 0 Å². The topological polar surface area (TPSA) is 34.9 Å². The first-order valence-electron chi connectivity index (χ1n) is 4.37. The van der Waals surface area contributed by atoms with Crippen molar-refractivity contribution in [3.63, 3.8) is 0 Å². The van der Waals surface area contributed by atoms with Gasteiger partial charge < -0.3 is 0 Å². The van der Waals surface area contributed by atoms with Crippen molar-refractivity contribution in [1.82, 2.24) is 9.55 Å². The molecule has 0 N–H and O–H groups in total. The molecule has 0 aliphatic carbocycles. The Morgan fingerprint density at radius 3 is 2.50 bits per heavy atom. The fourth-order valence-electron chi connectivity index (χ4n) is 1.25. The van der Waals surface area contributed by atoms with Crippen molar-refractivity contribution in [2.75, 3.05) is 0 Å². The summed E-state index contributed by atoms with van der Waals surface area (Å²) in [5.74, 6) is 0. The van der Waals surface area contributed by atoms with Crippen LogP contribution in [0.2, 0.25) is 0 Å². The Bertz CT molecular complexity index is 485. The van der Waals surface area contributed by atoms with Gasteiger partial charge in [0.2, 0.25) is 0 Å². The largest absolute Gasteiger partial charge is 0.269 e. The van der Waals surface area contributed by atoms with E-state index in [0.29, 0.717) is 0 Å². The van der Waals surface area contributed by atoms with Gasteiger partial charge in [-0.2, -0.15) is 0 Å². The first-order valence-corrected chi connectivity index (χ1v) is 4.37. The lowest BCUT2D eigenvalue weighted by Gasteiger charge is -2.03. The summed E-state index contributed by atoms with van der Waals surface area (Å²) in [7, 11) is 0. The third kappa shape index (κ3) is 1.57. The summed E-state index contributed by atoms with van der Waals surface area (Å²) in [5.41, 5.74) is 1.95. The van der Waals surface area contributed by atoms with Crippen LogP contribution in [-0.2, 0) is 0 Å². The molecule has 0 aliphatic heterocycles. The molecule has 1 aromatic heterocycles. The van der Waals surface area contributed by atoms with Crippen LogP contribution in [0.25, 0.3) is 5.69 Å². The SMILES string of the molecule is Cc1ccc(-n2cnccc2=O)cc1. The number of hydrogen-bond acceptors (Lipinski definition) is 2. The number of nitrogens with zero attached hydrogens (tertiary/aromatic N) is 2. The van der Waals surface area contributed by atoms with Gasteiger partial charge in [-0.25, -0.2) is 4.98 Å².